The average molecular weight is 421 g/mol. The number of alkyl halides is 1. The van der Waals surface area contributed by atoms with Gasteiger partial charge in [-0.3, -0.25) is 0 Å². The highest BCUT2D eigenvalue weighted by molar-refractivity contribution is 5.64. The largest absolute Gasteiger partial charge is 0.491 e. The Labute approximate surface area is 185 Å². The molecule has 31 heavy (non-hydrogen) atoms. The standard InChI is InChI=1S/C27H33FN2O/c1-4-5-6-7-8-21-9-11-23(12-10-21)27-29-17-24(18-30-27)22-13-15-25(16-14-22)31-19-26(28)20(2)3/h9-18,20,26H,4-8,19H2,1-3H3. The first-order chi connectivity index (χ1) is 15.1. The minimum atomic E-state index is -0.962. The lowest BCUT2D eigenvalue weighted by Gasteiger charge is -2.13. The maximum atomic E-state index is 13.7. The molecule has 4 heteroatoms. The van der Waals surface area contributed by atoms with Gasteiger partial charge in [0, 0.05) is 23.5 Å². The van der Waals surface area contributed by atoms with Gasteiger partial charge in [0.25, 0.3) is 0 Å². The summed E-state index contributed by atoms with van der Waals surface area (Å²) in [4.78, 5) is 9.10. The maximum Gasteiger partial charge on any atom is 0.159 e. The zero-order chi connectivity index (χ0) is 22.1. The van der Waals surface area contributed by atoms with Crippen molar-refractivity contribution in [1.29, 1.82) is 0 Å². The van der Waals surface area contributed by atoms with Crippen LogP contribution in [0.3, 0.4) is 0 Å². The fraction of sp³-hybridized carbons (Fsp3) is 0.407. The van der Waals surface area contributed by atoms with Crippen LogP contribution in [0.4, 0.5) is 4.39 Å². The first-order valence-electron chi connectivity index (χ1n) is 11.4. The van der Waals surface area contributed by atoms with Crippen LogP contribution in [0.5, 0.6) is 5.75 Å². The molecule has 1 heterocycles. The van der Waals surface area contributed by atoms with Gasteiger partial charge in [-0.2, -0.15) is 0 Å². The monoisotopic (exact) mass is 420 g/mol. The predicted molar refractivity (Wildman–Crippen MR) is 126 cm³/mol. The molecule has 3 aromatic rings. The van der Waals surface area contributed by atoms with E-state index in [1.54, 1.807) is 0 Å². The van der Waals surface area contributed by atoms with Crippen molar-refractivity contribution in [2.45, 2.75) is 59.0 Å². The molecule has 0 aliphatic rings. The summed E-state index contributed by atoms with van der Waals surface area (Å²) in [5.74, 6) is 1.35. The minimum absolute atomic E-state index is 0.0445. The molecule has 0 N–H and O–H groups in total. The molecule has 0 fully saturated rings. The van der Waals surface area contributed by atoms with Gasteiger partial charge >= 0.3 is 0 Å². The molecule has 0 aliphatic heterocycles. The zero-order valence-electron chi connectivity index (χ0n) is 18.9. The van der Waals surface area contributed by atoms with Crippen LogP contribution in [-0.4, -0.2) is 22.7 Å². The van der Waals surface area contributed by atoms with Crippen LogP contribution in [0, 0.1) is 5.92 Å². The molecule has 1 atom stereocenters. The molecule has 3 nitrogen and oxygen atoms in total. The van der Waals surface area contributed by atoms with E-state index in [1.807, 2.05) is 50.5 Å². The predicted octanol–water partition coefficient (Wildman–Crippen LogP) is 7.31. The lowest BCUT2D eigenvalue weighted by Crippen LogP contribution is -2.18. The summed E-state index contributed by atoms with van der Waals surface area (Å²) in [6, 6.07) is 16.2. The first-order valence-corrected chi connectivity index (χ1v) is 11.4. The second kappa shape index (κ2) is 11.6. The van der Waals surface area contributed by atoms with Crippen molar-refractivity contribution in [1.82, 2.24) is 9.97 Å². The molecule has 0 bridgehead atoms. The van der Waals surface area contributed by atoms with Crippen molar-refractivity contribution in [3.63, 3.8) is 0 Å². The summed E-state index contributed by atoms with van der Waals surface area (Å²) in [6.07, 6.45) is 8.96. The summed E-state index contributed by atoms with van der Waals surface area (Å²) in [5, 5.41) is 0. The Kier molecular flexibility index (Phi) is 8.57. The van der Waals surface area contributed by atoms with Gasteiger partial charge in [-0.25, -0.2) is 14.4 Å². The van der Waals surface area contributed by atoms with Gasteiger partial charge in [0.15, 0.2) is 5.82 Å². The van der Waals surface area contributed by atoms with Crippen molar-refractivity contribution in [3.8, 4) is 28.3 Å². The molecule has 2 aromatic carbocycles. The summed E-state index contributed by atoms with van der Waals surface area (Å²) in [6.45, 7) is 6.01. The molecule has 164 valence electrons. The van der Waals surface area contributed by atoms with E-state index in [4.69, 9.17) is 4.74 Å². The highest BCUT2D eigenvalue weighted by Gasteiger charge is 2.12. The van der Waals surface area contributed by atoms with Crippen LogP contribution in [0.25, 0.3) is 22.5 Å². The summed E-state index contributed by atoms with van der Waals surface area (Å²) < 4.78 is 19.2. The number of nitrogens with zero attached hydrogens (tertiary/aromatic N) is 2. The Bertz CT molecular complexity index is 905. The Morgan fingerprint density at radius 1 is 0.806 bits per heavy atom. The second-order valence-electron chi connectivity index (χ2n) is 8.40. The van der Waals surface area contributed by atoms with Gasteiger partial charge in [-0.15, -0.1) is 0 Å². The highest BCUT2D eigenvalue weighted by Crippen LogP contribution is 2.24. The van der Waals surface area contributed by atoms with Gasteiger partial charge in [-0.1, -0.05) is 76.4 Å². The van der Waals surface area contributed by atoms with E-state index in [-0.39, 0.29) is 12.5 Å². The number of aryl methyl sites for hydroxylation is 1. The van der Waals surface area contributed by atoms with Gasteiger partial charge in [0.2, 0.25) is 0 Å². The molecule has 0 radical (unpaired) electrons. The van der Waals surface area contributed by atoms with E-state index in [1.165, 1.54) is 31.2 Å². The SMILES string of the molecule is CCCCCCc1ccc(-c2ncc(-c3ccc(OCC(F)C(C)C)cc3)cn2)cc1. The van der Waals surface area contributed by atoms with Gasteiger partial charge < -0.3 is 4.74 Å². The van der Waals surface area contributed by atoms with Gasteiger partial charge in [-0.05, 0) is 42.0 Å². The Morgan fingerprint density at radius 2 is 1.45 bits per heavy atom. The Hall–Kier alpha value is -2.75. The van der Waals surface area contributed by atoms with Gasteiger partial charge in [0.05, 0.1) is 0 Å². The number of hydrogen-bond acceptors (Lipinski definition) is 3. The molecule has 0 spiro atoms. The van der Waals surface area contributed by atoms with E-state index in [2.05, 4.69) is 41.2 Å². The molecule has 1 unspecified atom stereocenters. The lowest BCUT2D eigenvalue weighted by atomic mass is 10.0. The Balaban J connectivity index is 1.58. The molecule has 0 saturated heterocycles. The van der Waals surface area contributed by atoms with Crippen molar-refractivity contribution < 1.29 is 9.13 Å². The summed E-state index contributed by atoms with van der Waals surface area (Å²) >= 11 is 0. The molecule has 0 saturated carbocycles. The number of rotatable bonds is 11. The van der Waals surface area contributed by atoms with Crippen LogP contribution >= 0.6 is 0 Å². The van der Waals surface area contributed by atoms with Gasteiger partial charge in [0.1, 0.15) is 18.5 Å². The fourth-order valence-electron chi connectivity index (χ4n) is 3.31. The molecule has 0 amide bonds. The number of benzene rings is 2. The third-order valence-corrected chi connectivity index (χ3v) is 5.50. The average Bonchev–Trinajstić information content (AvgIpc) is 2.81. The number of unbranched alkanes of at least 4 members (excludes halogenated alkanes) is 3. The number of ether oxygens (including phenoxy) is 1. The van der Waals surface area contributed by atoms with E-state index < -0.39 is 6.17 Å². The molecule has 1 aromatic heterocycles. The quantitative estimate of drug-likeness (QED) is 0.305. The van der Waals surface area contributed by atoms with E-state index >= 15 is 0 Å². The smallest absolute Gasteiger partial charge is 0.159 e. The molecule has 0 aliphatic carbocycles. The van der Waals surface area contributed by atoms with Crippen LogP contribution < -0.4 is 4.74 Å². The summed E-state index contributed by atoms with van der Waals surface area (Å²) in [5.41, 5.74) is 4.33. The van der Waals surface area contributed by atoms with Crippen molar-refractivity contribution in [2.75, 3.05) is 6.61 Å². The topological polar surface area (TPSA) is 35.0 Å². The Morgan fingerprint density at radius 3 is 2.06 bits per heavy atom. The second-order valence-corrected chi connectivity index (χ2v) is 8.40. The van der Waals surface area contributed by atoms with Crippen molar-refractivity contribution in [2.24, 2.45) is 5.92 Å². The normalized spacial score (nSPS) is 12.2. The van der Waals surface area contributed by atoms with Crippen molar-refractivity contribution >= 4 is 0 Å². The third kappa shape index (κ3) is 6.88. The third-order valence-electron chi connectivity index (χ3n) is 5.50. The number of halogens is 1. The van der Waals surface area contributed by atoms with Crippen LogP contribution in [-0.2, 0) is 6.42 Å². The van der Waals surface area contributed by atoms with Crippen LogP contribution in [0.2, 0.25) is 0 Å². The molecule has 3 rings (SSSR count). The highest BCUT2D eigenvalue weighted by atomic mass is 19.1. The number of aromatic nitrogens is 2. The zero-order valence-corrected chi connectivity index (χ0v) is 18.9. The van der Waals surface area contributed by atoms with E-state index in [0.717, 1.165) is 28.9 Å². The number of hydrogen-bond donors (Lipinski definition) is 0. The fourth-order valence-corrected chi connectivity index (χ4v) is 3.31. The van der Waals surface area contributed by atoms with Crippen LogP contribution in [0.15, 0.2) is 60.9 Å². The van der Waals surface area contributed by atoms with E-state index in [0.29, 0.717) is 5.75 Å². The van der Waals surface area contributed by atoms with E-state index in [9.17, 15) is 4.39 Å². The molecular weight excluding hydrogens is 387 g/mol. The molecular formula is C27H33FN2O. The minimum Gasteiger partial charge on any atom is -0.491 e. The van der Waals surface area contributed by atoms with Crippen LogP contribution in [0.1, 0.15) is 52.0 Å². The maximum absolute atomic E-state index is 13.7. The lowest BCUT2D eigenvalue weighted by molar-refractivity contribution is 0.155. The van der Waals surface area contributed by atoms with Crippen molar-refractivity contribution in [3.05, 3.63) is 66.5 Å². The first kappa shape index (κ1) is 22.9. The summed E-state index contributed by atoms with van der Waals surface area (Å²) in [7, 11) is 0.